The van der Waals surface area contributed by atoms with Crippen LogP contribution < -0.4 is 0 Å². The zero-order valence-electron chi connectivity index (χ0n) is 13.9. The van der Waals surface area contributed by atoms with Crippen molar-refractivity contribution in [3.63, 3.8) is 0 Å². The lowest BCUT2D eigenvalue weighted by molar-refractivity contribution is 0.0466. The van der Waals surface area contributed by atoms with Gasteiger partial charge in [-0.2, -0.15) is 0 Å². The van der Waals surface area contributed by atoms with Crippen LogP contribution >= 0.6 is 23.4 Å². The summed E-state index contributed by atoms with van der Waals surface area (Å²) in [6, 6.07) is 15.8. The third kappa shape index (κ3) is 3.98. The predicted molar refractivity (Wildman–Crippen MR) is 101 cm³/mol. The molecule has 132 valence electrons. The molecule has 5 nitrogen and oxygen atoms in total. The molecular weight excluding hydrogens is 372 g/mol. The van der Waals surface area contributed by atoms with Gasteiger partial charge in [0.1, 0.15) is 0 Å². The fourth-order valence-electron chi connectivity index (χ4n) is 2.37. The topological polar surface area (TPSA) is 61.2 Å². The summed E-state index contributed by atoms with van der Waals surface area (Å²) in [6.45, 7) is -0.352. The molecule has 0 amide bonds. The van der Waals surface area contributed by atoms with Gasteiger partial charge in [-0.05, 0) is 42.7 Å². The summed E-state index contributed by atoms with van der Waals surface area (Å²) in [5.41, 5.74) is 1.50. The first-order valence-corrected chi connectivity index (χ1v) is 9.33. The Hall–Kier alpha value is -2.57. The Morgan fingerprint density at radius 2 is 1.81 bits per heavy atom. The molecule has 0 N–H and O–H groups in total. The van der Waals surface area contributed by atoms with Crippen molar-refractivity contribution in [3.8, 4) is 5.69 Å². The van der Waals surface area contributed by atoms with E-state index in [0.29, 0.717) is 15.7 Å². The van der Waals surface area contributed by atoms with E-state index >= 15 is 0 Å². The number of ether oxygens (including phenoxy) is 1. The molecule has 0 radical (unpaired) electrons. The van der Waals surface area contributed by atoms with Gasteiger partial charge in [-0.1, -0.05) is 41.6 Å². The molecule has 1 heterocycles. The van der Waals surface area contributed by atoms with E-state index in [1.165, 1.54) is 18.0 Å². The fraction of sp³-hybridized carbons (Fsp3) is 0.105. The van der Waals surface area contributed by atoms with E-state index in [1.807, 2.05) is 36.6 Å². The lowest BCUT2D eigenvalue weighted by Crippen LogP contribution is -2.17. The number of carbonyl (C=O) groups is 2. The number of hydrogen-bond donors (Lipinski definition) is 0. The van der Waals surface area contributed by atoms with Crippen LogP contribution in [0.3, 0.4) is 0 Å². The molecule has 7 heteroatoms. The summed E-state index contributed by atoms with van der Waals surface area (Å²) < 4.78 is 6.91. The lowest BCUT2D eigenvalue weighted by atomic mass is 10.1. The molecule has 0 unspecified atom stereocenters. The van der Waals surface area contributed by atoms with Crippen LogP contribution in [0.5, 0.6) is 0 Å². The van der Waals surface area contributed by atoms with Crippen molar-refractivity contribution in [2.75, 3.05) is 12.9 Å². The zero-order valence-corrected chi connectivity index (χ0v) is 15.5. The smallest absolute Gasteiger partial charge is 0.357 e. The number of para-hydroxylation sites is 1. The number of halogens is 1. The van der Waals surface area contributed by atoms with Gasteiger partial charge in [0.15, 0.2) is 23.2 Å². The number of nitrogens with zero attached hydrogens (tertiary/aromatic N) is 2. The largest absolute Gasteiger partial charge is 0.453 e. The molecule has 0 atom stereocenters. The number of ketones is 1. The molecule has 0 bridgehead atoms. The molecule has 0 saturated carbocycles. The van der Waals surface area contributed by atoms with Gasteiger partial charge < -0.3 is 4.74 Å². The highest BCUT2D eigenvalue weighted by atomic mass is 35.5. The maximum absolute atomic E-state index is 12.5. The average Bonchev–Trinajstić information content (AvgIpc) is 3.11. The number of imidazole rings is 1. The van der Waals surface area contributed by atoms with Gasteiger partial charge in [0.05, 0.1) is 6.20 Å². The minimum atomic E-state index is -0.607. The number of rotatable bonds is 6. The second-order valence-corrected chi connectivity index (χ2v) is 6.52. The van der Waals surface area contributed by atoms with Crippen LogP contribution in [-0.4, -0.2) is 34.2 Å². The van der Waals surface area contributed by atoms with E-state index < -0.39 is 5.97 Å². The first kappa shape index (κ1) is 18.2. The van der Waals surface area contributed by atoms with Gasteiger partial charge >= 0.3 is 5.97 Å². The molecule has 3 rings (SSSR count). The van der Waals surface area contributed by atoms with Gasteiger partial charge in [-0.15, -0.1) is 0 Å². The molecule has 0 aliphatic heterocycles. The SMILES string of the molecule is CSc1ncc(C(=O)OCC(=O)c2ccc(Cl)cc2)n1-c1ccccc1. The number of benzene rings is 2. The van der Waals surface area contributed by atoms with E-state index in [4.69, 9.17) is 16.3 Å². The normalized spacial score (nSPS) is 10.5. The van der Waals surface area contributed by atoms with Crippen LogP contribution in [0.2, 0.25) is 5.02 Å². The van der Waals surface area contributed by atoms with Crippen molar-refractivity contribution >= 4 is 35.1 Å². The number of thioether (sulfide) groups is 1. The van der Waals surface area contributed by atoms with E-state index in [-0.39, 0.29) is 18.1 Å². The van der Waals surface area contributed by atoms with E-state index in [2.05, 4.69) is 4.98 Å². The van der Waals surface area contributed by atoms with E-state index in [9.17, 15) is 9.59 Å². The fourth-order valence-corrected chi connectivity index (χ4v) is 3.04. The van der Waals surface area contributed by atoms with Crippen LogP contribution in [0.1, 0.15) is 20.8 Å². The number of esters is 1. The highest BCUT2D eigenvalue weighted by Gasteiger charge is 2.20. The summed E-state index contributed by atoms with van der Waals surface area (Å²) in [5.74, 6) is -0.908. The zero-order chi connectivity index (χ0) is 18.5. The Kier molecular flexibility index (Phi) is 5.75. The molecule has 2 aromatic carbocycles. The third-order valence-corrected chi connectivity index (χ3v) is 4.54. The number of hydrogen-bond acceptors (Lipinski definition) is 5. The van der Waals surface area contributed by atoms with Crippen LogP contribution in [-0.2, 0) is 4.74 Å². The van der Waals surface area contributed by atoms with Crippen LogP contribution in [0.25, 0.3) is 5.69 Å². The molecule has 26 heavy (non-hydrogen) atoms. The first-order chi connectivity index (χ1) is 12.6. The summed E-state index contributed by atoms with van der Waals surface area (Å²) in [4.78, 5) is 28.9. The second kappa shape index (κ2) is 8.21. The molecule has 0 aliphatic rings. The Bertz CT molecular complexity index is 924. The van der Waals surface area contributed by atoms with Gasteiger partial charge in [-0.25, -0.2) is 9.78 Å². The second-order valence-electron chi connectivity index (χ2n) is 5.31. The molecular formula is C19H15ClN2O3S. The van der Waals surface area contributed by atoms with E-state index in [0.717, 1.165) is 5.69 Å². The molecule has 3 aromatic rings. The predicted octanol–water partition coefficient (Wildman–Crippen LogP) is 4.29. The minimum Gasteiger partial charge on any atom is -0.453 e. The molecule has 0 saturated heterocycles. The highest BCUT2D eigenvalue weighted by Crippen LogP contribution is 2.22. The highest BCUT2D eigenvalue weighted by molar-refractivity contribution is 7.98. The standard InChI is InChI=1S/C19H15ClN2O3S/c1-26-19-21-11-16(22(19)15-5-3-2-4-6-15)18(24)25-12-17(23)13-7-9-14(20)10-8-13/h2-11H,12H2,1H3. The van der Waals surface area contributed by atoms with Crippen molar-refractivity contribution < 1.29 is 14.3 Å². The van der Waals surface area contributed by atoms with Crippen molar-refractivity contribution in [1.82, 2.24) is 9.55 Å². The molecule has 1 aromatic heterocycles. The van der Waals surface area contributed by atoms with Crippen molar-refractivity contribution in [3.05, 3.63) is 77.1 Å². The minimum absolute atomic E-state index is 0.268. The average molecular weight is 387 g/mol. The third-order valence-electron chi connectivity index (χ3n) is 3.64. The number of aromatic nitrogens is 2. The summed E-state index contributed by atoms with van der Waals surface area (Å²) in [7, 11) is 0. The van der Waals surface area contributed by atoms with Crippen LogP contribution in [0, 0.1) is 0 Å². The summed E-state index contributed by atoms with van der Waals surface area (Å²) >= 11 is 7.22. The van der Waals surface area contributed by atoms with Crippen molar-refractivity contribution in [2.45, 2.75) is 5.16 Å². The quantitative estimate of drug-likeness (QED) is 0.359. The van der Waals surface area contributed by atoms with Crippen molar-refractivity contribution in [1.29, 1.82) is 0 Å². The Morgan fingerprint density at radius 1 is 1.12 bits per heavy atom. The number of carbonyl (C=O) groups excluding carboxylic acids is 2. The Balaban J connectivity index is 1.77. The van der Waals surface area contributed by atoms with Crippen LogP contribution in [0.4, 0.5) is 0 Å². The van der Waals surface area contributed by atoms with E-state index in [1.54, 1.807) is 28.8 Å². The van der Waals surface area contributed by atoms with Gasteiger partial charge in [-0.3, -0.25) is 9.36 Å². The monoisotopic (exact) mass is 386 g/mol. The van der Waals surface area contributed by atoms with Crippen molar-refractivity contribution in [2.24, 2.45) is 0 Å². The molecule has 0 aliphatic carbocycles. The maximum Gasteiger partial charge on any atom is 0.357 e. The first-order valence-electron chi connectivity index (χ1n) is 7.73. The lowest BCUT2D eigenvalue weighted by Gasteiger charge is -2.10. The van der Waals surface area contributed by atoms with Gasteiger partial charge in [0, 0.05) is 16.3 Å². The summed E-state index contributed by atoms with van der Waals surface area (Å²) in [5, 5.41) is 1.20. The Morgan fingerprint density at radius 3 is 2.46 bits per heavy atom. The molecule has 0 spiro atoms. The van der Waals surface area contributed by atoms with Crippen LogP contribution in [0.15, 0.2) is 66.0 Å². The summed E-state index contributed by atoms with van der Waals surface area (Å²) in [6.07, 6.45) is 3.33. The van der Waals surface area contributed by atoms with Gasteiger partial charge in [0.2, 0.25) is 0 Å². The maximum atomic E-state index is 12.5. The Labute approximate surface area is 160 Å². The number of Topliss-reactive ketones (excluding diaryl/α,β-unsaturated/α-hetero) is 1. The molecule has 0 fully saturated rings. The van der Waals surface area contributed by atoms with Gasteiger partial charge in [0.25, 0.3) is 0 Å².